The molecule has 2 rings (SSSR count). The van der Waals surface area contributed by atoms with Gasteiger partial charge in [-0.15, -0.1) is 0 Å². The van der Waals surface area contributed by atoms with Crippen LogP contribution in [-0.2, 0) is 6.54 Å². The SMILES string of the molecule is CCC1CCCCN1C(=O)NCc1cccnc1N(C)C. The molecule has 1 fully saturated rings. The van der Waals surface area contributed by atoms with Crippen molar-refractivity contribution in [2.45, 2.75) is 45.2 Å². The van der Waals surface area contributed by atoms with Crippen molar-refractivity contribution in [1.82, 2.24) is 15.2 Å². The van der Waals surface area contributed by atoms with Crippen LogP contribution in [0.15, 0.2) is 18.3 Å². The van der Waals surface area contributed by atoms with E-state index in [1.165, 1.54) is 6.42 Å². The van der Waals surface area contributed by atoms with Crippen LogP contribution < -0.4 is 10.2 Å². The van der Waals surface area contributed by atoms with Crippen LogP contribution in [0.3, 0.4) is 0 Å². The van der Waals surface area contributed by atoms with Crippen molar-refractivity contribution in [2.24, 2.45) is 0 Å². The predicted molar refractivity (Wildman–Crippen MR) is 85.4 cm³/mol. The van der Waals surface area contributed by atoms with Crippen molar-refractivity contribution < 1.29 is 4.79 Å². The van der Waals surface area contributed by atoms with Crippen LogP contribution in [0.1, 0.15) is 38.2 Å². The third kappa shape index (κ3) is 3.86. The third-order valence-corrected chi connectivity index (χ3v) is 4.08. The number of likely N-dealkylation sites (tertiary alicyclic amines) is 1. The highest BCUT2D eigenvalue weighted by atomic mass is 16.2. The highest BCUT2D eigenvalue weighted by Gasteiger charge is 2.25. The number of urea groups is 1. The Morgan fingerprint density at radius 1 is 1.48 bits per heavy atom. The Kier molecular flexibility index (Phi) is 5.42. The van der Waals surface area contributed by atoms with Gasteiger partial charge in [0, 0.05) is 45.0 Å². The molecule has 2 heterocycles. The molecule has 0 radical (unpaired) electrons. The van der Waals surface area contributed by atoms with Crippen molar-refractivity contribution in [3.05, 3.63) is 23.9 Å². The van der Waals surface area contributed by atoms with Gasteiger partial charge in [0.1, 0.15) is 5.82 Å². The quantitative estimate of drug-likeness (QED) is 0.927. The fourth-order valence-electron chi connectivity index (χ4n) is 2.94. The first-order valence-electron chi connectivity index (χ1n) is 7.79. The summed E-state index contributed by atoms with van der Waals surface area (Å²) in [6.45, 7) is 3.55. The summed E-state index contributed by atoms with van der Waals surface area (Å²) in [4.78, 5) is 20.7. The number of pyridine rings is 1. The molecule has 0 aromatic carbocycles. The van der Waals surface area contributed by atoms with Gasteiger partial charge < -0.3 is 15.1 Å². The Hall–Kier alpha value is -1.78. The summed E-state index contributed by atoms with van der Waals surface area (Å²) in [6, 6.07) is 4.36. The van der Waals surface area contributed by atoms with Gasteiger partial charge in [-0.25, -0.2) is 9.78 Å². The first kappa shape index (κ1) is 15.6. The van der Waals surface area contributed by atoms with Gasteiger partial charge in [0.2, 0.25) is 0 Å². The van der Waals surface area contributed by atoms with E-state index in [0.29, 0.717) is 12.6 Å². The maximum atomic E-state index is 12.4. The number of rotatable bonds is 4. The minimum atomic E-state index is 0.0510. The van der Waals surface area contributed by atoms with Crippen LogP contribution in [0.5, 0.6) is 0 Å². The van der Waals surface area contributed by atoms with Crippen molar-refractivity contribution in [3.63, 3.8) is 0 Å². The fraction of sp³-hybridized carbons (Fsp3) is 0.625. The number of nitrogens with one attached hydrogen (secondary N) is 1. The topological polar surface area (TPSA) is 48.5 Å². The zero-order valence-corrected chi connectivity index (χ0v) is 13.3. The predicted octanol–water partition coefficient (Wildman–Crippen LogP) is 2.62. The molecule has 1 aliphatic heterocycles. The largest absolute Gasteiger partial charge is 0.362 e. The number of carbonyl (C=O) groups is 1. The molecule has 0 bridgehead atoms. The molecule has 0 aliphatic carbocycles. The summed E-state index contributed by atoms with van der Waals surface area (Å²) in [7, 11) is 3.93. The fourth-order valence-corrected chi connectivity index (χ4v) is 2.94. The Bertz CT molecular complexity index is 475. The minimum absolute atomic E-state index is 0.0510. The standard InChI is InChI=1S/C16H26N4O/c1-4-14-9-5-6-11-20(14)16(21)18-12-13-8-7-10-17-15(13)19(2)3/h7-8,10,14H,4-6,9,11-12H2,1-3H3,(H,18,21). The van der Waals surface area contributed by atoms with Gasteiger partial charge in [-0.2, -0.15) is 0 Å². The smallest absolute Gasteiger partial charge is 0.317 e. The van der Waals surface area contributed by atoms with Crippen molar-refractivity contribution in [1.29, 1.82) is 0 Å². The van der Waals surface area contributed by atoms with E-state index in [9.17, 15) is 4.79 Å². The maximum Gasteiger partial charge on any atom is 0.317 e. The van der Waals surface area contributed by atoms with E-state index >= 15 is 0 Å². The van der Waals surface area contributed by atoms with Crippen molar-refractivity contribution in [2.75, 3.05) is 25.5 Å². The molecule has 0 spiro atoms. The molecule has 1 N–H and O–H groups in total. The Labute approximate surface area is 127 Å². The molecule has 2 amide bonds. The summed E-state index contributed by atoms with van der Waals surface area (Å²) < 4.78 is 0. The number of nitrogens with zero attached hydrogens (tertiary/aromatic N) is 3. The molecule has 1 aliphatic rings. The van der Waals surface area contributed by atoms with Gasteiger partial charge in [0.05, 0.1) is 0 Å². The van der Waals surface area contributed by atoms with Gasteiger partial charge in [0.15, 0.2) is 0 Å². The highest BCUT2D eigenvalue weighted by Crippen LogP contribution is 2.20. The number of aromatic nitrogens is 1. The van der Waals surface area contributed by atoms with Gasteiger partial charge in [-0.1, -0.05) is 13.0 Å². The lowest BCUT2D eigenvalue weighted by Gasteiger charge is -2.35. The van der Waals surface area contributed by atoms with E-state index in [-0.39, 0.29) is 6.03 Å². The molecule has 1 aromatic heterocycles. The second kappa shape index (κ2) is 7.29. The van der Waals surface area contributed by atoms with Crippen molar-refractivity contribution in [3.8, 4) is 0 Å². The van der Waals surface area contributed by atoms with Crippen LogP contribution in [0.25, 0.3) is 0 Å². The molecular weight excluding hydrogens is 264 g/mol. The third-order valence-electron chi connectivity index (χ3n) is 4.08. The molecule has 0 saturated carbocycles. The van der Waals surface area contributed by atoms with Gasteiger partial charge >= 0.3 is 6.03 Å². The summed E-state index contributed by atoms with van der Waals surface area (Å²) in [5, 5.41) is 3.05. The van der Waals surface area contributed by atoms with E-state index in [4.69, 9.17) is 0 Å². The summed E-state index contributed by atoms with van der Waals surface area (Å²) >= 11 is 0. The van der Waals surface area contributed by atoms with Crippen LogP contribution in [-0.4, -0.2) is 42.6 Å². The number of carbonyl (C=O) groups excluding carboxylic acids is 1. The maximum absolute atomic E-state index is 12.4. The van der Waals surface area contributed by atoms with E-state index < -0.39 is 0 Å². The van der Waals surface area contributed by atoms with E-state index in [2.05, 4.69) is 17.2 Å². The Morgan fingerprint density at radius 3 is 3.00 bits per heavy atom. The van der Waals surface area contributed by atoms with Crippen LogP contribution >= 0.6 is 0 Å². The molecule has 21 heavy (non-hydrogen) atoms. The number of hydrogen-bond donors (Lipinski definition) is 1. The van der Waals surface area contributed by atoms with Crippen LogP contribution in [0, 0.1) is 0 Å². The zero-order chi connectivity index (χ0) is 15.2. The lowest BCUT2D eigenvalue weighted by Crippen LogP contribution is -2.48. The molecular formula is C16H26N4O. The summed E-state index contributed by atoms with van der Waals surface area (Å²) in [5.74, 6) is 0.906. The number of amides is 2. The van der Waals surface area contributed by atoms with Gasteiger partial charge in [-0.3, -0.25) is 0 Å². The van der Waals surface area contributed by atoms with E-state index in [0.717, 1.165) is 37.2 Å². The van der Waals surface area contributed by atoms with E-state index in [1.54, 1.807) is 6.20 Å². The number of hydrogen-bond acceptors (Lipinski definition) is 3. The average Bonchev–Trinajstić information content (AvgIpc) is 2.52. The second-order valence-corrected chi connectivity index (χ2v) is 5.79. The lowest BCUT2D eigenvalue weighted by molar-refractivity contribution is 0.148. The van der Waals surface area contributed by atoms with Crippen LogP contribution in [0.4, 0.5) is 10.6 Å². The molecule has 5 nitrogen and oxygen atoms in total. The molecule has 1 saturated heterocycles. The van der Waals surface area contributed by atoms with E-state index in [1.807, 2.05) is 36.0 Å². The first-order chi connectivity index (χ1) is 10.1. The second-order valence-electron chi connectivity index (χ2n) is 5.79. The molecule has 1 aromatic rings. The van der Waals surface area contributed by atoms with Crippen LogP contribution in [0.2, 0.25) is 0 Å². The molecule has 116 valence electrons. The Morgan fingerprint density at radius 2 is 2.29 bits per heavy atom. The van der Waals surface area contributed by atoms with Crippen molar-refractivity contribution >= 4 is 11.8 Å². The average molecular weight is 290 g/mol. The lowest BCUT2D eigenvalue weighted by atomic mass is 10.0. The summed E-state index contributed by atoms with van der Waals surface area (Å²) in [6.07, 6.45) is 6.27. The highest BCUT2D eigenvalue weighted by molar-refractivity contribution is 5.74. The molecule has 1 unspecified atom stereocenters. The Balaban J connectivity index is 1.97. The monoisotopic (exact) mass is 290 g/mol. The molecule has 1 atom stereocenters. The zero-order valence-electron chi connectivity index (χ0n) is 13.3. The van der Waals surface area contributed by atoms with Gasteiger partial charge in [0.25, 0.3) is 0 Å². The number of piperidine rings is 1. The molecule has 5 heteroatoms. The minimum Gasteiger partial charge on any atom is -0.362 e. The normalized spacial score (nSPS) is 18.4. The summed E-state index contributed by atoms with van der Waals surface area (Å²) in [5.41, 5.74) is 1.04. The number of anilines is 1. The van der Waals surface area contributed by atoms with Gasteiger partial charge in [-0.05, 0) is 31.7 Å². The first-order valence-corrected chi connectivity index (χ1v) is 7.79.